The number of nitrogens with one attached hydrogen (secondary N) is 2. The van der Waals surface area contributed by atoms with Crippen LogP contribution >= 0.6 is 0 Å². The Morgan fingerprint density at radius 2 is 1.95 bits per heavy atom. The van der Waals surface area contributed by atoms with Crippen molar-refractivity contribution >= 4 is 28.4 Å². The van der Waals surface area contributed by atoms with Crippen molar-refractivity contribution in [1.82, 2.24) is 19.5 Å². The Morgan fingerprint density at radius 1 is 1.11 bits per heavy atom. The molecule has 0 saturated carbocycles. The highest BCUT2D eigenvalue weighted by Gasteiger charge is 2.26. The molecule has 5 aromatic rings. The molecular formula is C28H21FN6O2. The molecule has 0 radical (unpaired) electrons. The van der Waals surface area contributed by atoms with Gasteiger partial charge in [0.25, 0.3) is 5.91 Å². The average Bonchev–Trinajstić information content (AvgIpc) is 3.10. The molecule has 2 aromatic carbocycles. The van der Waals surface area contributed by atoms with Crippen molar-refractivity contribution in [3.8, 4) is 34.0 Å². The largest absolute Gasteiger partial charge is 0.439 e. The number of aryl methyl sites for hydroxylation is 1. The zero-order valence-electron chi connectivity index (χ0n) is 19.8. The molecule has 37 heavy (non-hydrogen) atoms. The second-order valence-electron chi connectivity index (χ2n) is 8.58. The molecule has 9 heteroatoms. The number of rotatable bonds is 5. The lowest BCUT2D eigenvalue weighted by Gasteiger charge is -2.14. The Bertz CT molecular complexity index is 1680. The molecule has 0 bridgehead atoms. The van der Waals surface area contributed by atoms with Crippen molar-refractivity contribution in [2.75, 3.05) is 10.6 Å². The average molecular weight is 493 g/mol. The second-order valence-corrected chi connectivity index (χ2v) is 8.58. The van der Waals surface area contributed by atoms with Crippen LogP contribution in [0.2, 0.25) is 0 Å². The van der Waals surface area contributed by atoms with Gasteiger partial charge >= 0.3 is 0 Å². The number of hydrogen-bond acceptors (Lipinski definition) is 6. The first-order valence-corrected chi connectivity index (χ1v) is 11.5. The fraction of sp³-hybridized carbons (Fsp3) is 0.0714. The van der Waals surface area contributed by atoms with Gasteiger partial charge in [0.2, 0.25) is 5.88 Å². The molecule has 8 nitrogen and oxygen atoms in total. The summed E-state index contributed by atoms with van der Waals surface area (Å²) in [6, 6.07) is 18.7. The zero-order valence-corrected chi connectivity index (χ0v) is 19.8. The van der Waals surface area contributed by atoms with Gasteiger partial charge in [-0.25, -0.2) is 19.3 Å². The number of fused-ring (bicyclic) bond motifs is 2. The van der Waals surface area contributed by atoms with Gasteiger partial charge in [-0.3, -0.25) is 4.79 Å². The predicted molar refractivity (Wildman–Crippen MR) is 140 cm³/mol. The van der Waals surface area contributed by atoms with Crippen molar-refractivity contribution in [2.24, 2.45) is 7.05 Å². The highest BCUT2D eigenvalue weighted by molar-refractivity contribution is 6.09. The number of nitrogens with zero attached hydrogens (tertiary/aromatic N) is 4. The molecule has 0 spiro atoms. The minimum absolute atomic E-state index is 0.469. The number of carbonyl (C=O) groups is 1. The topological polar surface area (TPSA) is 94.0 Å². The monoisotopic (exact) mass is 492 g/mol. The SMILES string of the molecule is C=C(F)C(=O)Nc1ccc(-c2c3c4c(ncnc4n2C)NCc2cc(Oc4ccccn4)ccc2-3)cc1. The Labute approximate surface area is 211 Å². The number of anilines is 2. The molecule has 1 aliphatic rings. The van der Waals surface area contributed by atoms with Gasteiger partial charge in [0.05, 0.1) is 11.1 Å². The molecule has 4 heterocycles. The minimum atomic E-state index is -1.04. The van der Waals surface area contributed by atoms with E-state index in [0.29, 0.717) is 23.9 Å². The molecule has 2 N–H and O–H groups in total. The summed E-state index contributed by atoms with van der Waals surface area (Å²) in [7, 11) is 1.96. The van der Waals surface area contributed by atoms with Crippen LogP contribution in [0.5, 0.6) is 11.6 Å². The van der Waals surface area contributed by atoms with Crippen LogP contribution in [0, 0.1) is 0 Å². The Hall–Kier alpha value is -5.05. The number of halogens is 1. The first-order chi connectivity index (χ1) is 18.0. The molecule has 0 fully saturated rings. The van der Waals surface area contributed by atoms with Gasteiger partial charge in [0.15, 0.2) is 5.83 Å². The van der Waals surface area contributed by atoms with E-state index in [-0.39, 0.29) is 0 Å². The van der Waals surface area contributed by atoms with Gasteiger partial charge in [-0.1, -0.05) is 30.8 Å². The van der Waals surface area contributed by atoms with E-state index in [1.54, 1.807) is 24.7 Å². The lowest BCUT2D eigenvalue weighted by atomic mass is 9.95. The van der Waals surface area contributed by atoms with E-state index in [0.717, 1.165) is 44.8 Å². The summed E-state index contributed by atoms with van der Waals surface area (Å²) < 4.78 is 21.1. The van der Waals surface area contributed by atoms with E-state index in [9.17, 15) is 9.18 Å². The van der Waals surface area contributed by atoms with Crippen LogP contribution in [0.15, 0.2) is 85.6 Å². The van der Waals surface area contributed by atoms with E-state index in [1.807, 2.05) is 60.1 Å². The molecule has 1 amide bonds. The lowest BCUT2D eigenvalue weighted by Crippen LogP contribution is -2.10. The smallest absolute Gasteiger partial charge is 0.283 e. The van der Waals surface area contributed by atoms with Gasteiger partial charge in [-0.15, -0.1) is 0 Å². The van der Waals surface area contributed by atoms with Crippen LogP contribution in [-0.2, 0) is 18.4 Å². The Morgan fingerprint density at radius 3 is 2.70 bits per heavy atom. The maximum Gasteiger partial charge on any atom is 0.283 e. The van der Waals surface area contributed by atoms with Crippen molar-refractivity contribution in [3.05, 3.63) is 91.2 Å². The summed E-state index contributed by atoms with van der Waals surface area (Å²) in [5.41, 5.74) is 6.15. The summed E-state index contributed by atoms with van der Waals surface area (Å²) >= 11 is 0. The molecule has 3 aromatic heterocycles. The van der Waals surface area contributed by atoms with Crippen LogP contribution in [0.4, 0.5) is 15.9 Å². The molecular weight excluding hydrogens is 471 g/mol. The van der Waals surface area contributed by atoms with E-state index < -0.39 is 11.7 Å². The van der Waals surface area contributed by atoms with Crippen LogP contribution in [-0.4, -0.2) is 25.4 Å². The number of ether oxygens (including phenoxy) is 1. The Kier molecular flexibility index (Phi) is 5.37. The number of hydrogen-bond donors (Lipinski definition) is 2. The molecule has 6 rings (SSSR count). The maximum atomic E-state index is 13.1. The number of amides is 1. The molecule has 182 valence electrons. The van der Waals surface area contributed by atoms with Crippen molar-refractivity contribution in [2.45, 2.75) is 6.54 Å². The van der Waals surface area contributed by atoms with Crippen LogP contribution in [0.3, 0.4) is 0 Å². The fourth-order valence-electron chi connectivity index (χ4n) is 4.63. The van der Waals surface area contributed by atoms with Crippen LogP contribution < -0.4 is 15.4 Å². The molecule has 0 unspecified atom stereocenters. The summed E-state index contributed by atoms with van der Waals surface area (Å²) in [4.78, 5) is 25.0. The van der Waals surface area contributed by atoms with Gasteiger partial charge in [-0.2, -0.15) is 0 Å². The van der Waals surface area contributed by atoms with Gasteiger partial charge < -0.3 is 19.9 Å². The first-order valence-electron chi connectivity index (χ1n) is 11.5. The van der Waals surface area contributed by atoms with Crippen LogP contribution in [0.1, 0.15) is 5.56 Å². The van der Waals surface area contributed by atoms with E-state index in [1.165, 1.54) is 0 Å². The highest BCUT2D eigenvalue weighted by atomic mass is 19.1. The zero-order chi connectivity index (χ0) is 25.5. The molecule has 0 atom stereocenters. The normalized spacial score (nSPS) is 11.8. The predicted octanol–water partition coefficient (Wildman–Crippen LogP) is 5.84. The van der Waals surface area contributed by atoms with Gasteiger partial charge in [0, 0.05) is 37.1 Å². The molecule has 1 aliphatic heterocycles. The summed E-state index contributed by atoms with van der Waals surface area (Å²) in [6.07, 6.45) is 3.24. The third kappa shape index (κ3) is 3.96. The molecule has 0 saturated heterocycles. The first kappa shape index (κ1) is 22.4. The molecule has 0 aliphatic carbocycles. The van der Waals surface area contributed by atoms with E-state index >= 15 is 0 Å². The quantitative estimate of drug-likeness (QED) is 0.300. The third-order valence-corrected chi connectivity index (χ3v) is 6.28. The number of benzene rings is 2. The summed E-state index contributed by atoms with van der Waals surface area (Å²) in [5, 5.41) is 6.85. The number of pyridine rings is 1. The van der Waals surface area contributed by atoms with E-state index in [4.69, 9.17) is 4.74 Å². The van der Waals surface area contributed by atoms with Crippen LogP contribution in [0.25, 0.3) is 33.4 Å². The number of carbonyl (C=O) groups excluding carboxylic acids is 1. The van der Waals surface area contributed by atoms with E-state index in [2.05, 4.69) is 32.2 Å². The number of aromatic nitrogens is 4. The van der Waals surface area contributed by atoms with Crippen molar-refractivity contribution < 1.29 is 13.9 Å². The minimum Gasteiger partial charge on any atom is -0.439 e. The second kappa shape index (κ2) is 8.87. The highest BCUT2D eigenvalue weighted by Crippen LogP contribution is 2.46. The fourth-order valence-corrected chi connectivity index (χ4v) is 4.63. The Balaban J connectivity index is 1.47. The van der Waals surface area contributed by atoms with Gasteiger partial charge in [-0.05, 0) is 47.0 Å². The lowest BCUT2D eigenvalue weighted by molar-refractivity contribution is -0.114. The van der Waals surface area contributed by atoms with Gasteiger partial charge in [0.1, 0.15) is 23.5 Å². The van der Waals surface area contributed by atoms with Crippen molar-refractivity contribution in [3.63, 3.8) is 0 Å². The van der Waals surface area contributed by atoms with Crippen molar-refractivity contribution in [1.29, 1.82) is 0 Å². The standard InChI is InChI=1S/C28H21FN6O2/c1-16(29)28(36)34-19-8-6-17(7-9-19)25-23-21-11-10-20(37-22-5-3-4-12-30-22)13-18(21)14-31-26-24(23)27(35(25)2)33-15-32-26/h3-13,15H,1,14H2,2H3,(H,34,36)(H,31,32,33). The third-order valence-electron chi connectivity index (χ3n) is 6.28. The summed E-state index contributed by atoms with van der Waals surface area (Å²) in [6.45, 7) is 3.59. The summed E-state index contributed by atoms with van der Waals surface area (Å²) in [5.74, 6) is 0.0345. The maximum absolute atomic E-state index is 13.1.